The number of aromatic nitrogens is 1. The summed E-state index contributed by atoms with van der Waals surface area (Å²) in [4.78, 5) is 18.7. The molecular weight excluding hydrogens is 279 g/mol. The van der Waals surface area contributed by atoms with Gasteiger partial charge in [-0.25, -0.2) is 0 Å². The Morgan fingerprint density at radius 1 is 1.41 bits per heavy atom. The van der Waals surface area contributed by atoms with Crippen LogP contribution in [0.3, 0.4) is 0 Å². The van der Waals surface area contributed by atoms with E-state index in [9.17, 15) is 9.82 Å². The van der Waals surface area contributed by atoms with Crippen LogP contribution in [0.25, 0.3) is 0 Å². The van der Waals surface area contributed by atoms with Crippen LogP contribution in [-0.2, 0) is 17.8 Å². The second-order valence-electron chi connectivity index (χ2n) is 5.22. The molecule has 0 saturated carbocycles. The van der Waals surface area contributed by atoms with Crippen LogP contribution >= 0.6 is 0 Å². The van der Waals surface area contributed by atoms with Gasteiger partial charge in [-0.2, -0.15) is 0 Å². The molecule has 0 atom stereocenters. The Bertz CT molecular complexity index is 678. The number of hydrogen-bond donors (Lipinski definition) is 1. The Balaban J connectivity index is 1.80. The lowest BCUT2D eigenvalue weighted by atomic mass is 9.79. The summed E-state index contributed by atoms with van der Waals surface area (Å²) >= 11 is 0. The number of fused-ring (bicyclic) bond motifs is 1. The van der Waals surface area contributed by atoms with E-state index in [1.165, 1.54) is 0 Å². The Morgan fingerprint density at radius 3 is 3.00 bits per heavy atom. The lowest BCUT2D eigenvalue weighted by molar-refractivity contribution is 0.0750. The van der Waals surface area contributed by atoms with Crippen molar-refractivity contribution in [1.82, 2.24) is 9.88 Å². The largest absolute Gasteiger partial charge is 0.491 e. The number of pyridine rings is 1. The third-order valence-electron chi connectivity index (χ3n) is 3.80. The number of hydrogen-bond acceptors (Lipinski definition) is 4. The molecule has 1 aromatic carbocycles. The van der Waals surface area contributed by atoms with Crippen molar-refractivity contribution in [3.05, 3.63) is 59.4 Å². The lowest BCUT2D eigenvalue weighted by Crippen LogP contribution is -2.32. The highest BCUT2D eigenvalue weighted by molar-refractivity contribution is 6.61. The minimum absolute atomic E-state index is 0.0441. The highest BCUT2D eigenvalue weighted by atomic mass is 16.5. The maximum absolute atomic E-state index is 12.7. The Labute approximate surface area is 129 Å². The van der Waals surface area contributed by atoms with Crippen LogP contribution in [0.4, 0.5) is 0 Å². The van der Waals surface area contributed by atoms with Gasteiger partial charge in [0.05, 0.1) is 18.8 Å². The fraction of sp³-hybridized carbons (Fsp3) is 0.250. The summed E-state index contributed by atoms with van der Waals surface area (Å²) in [6, 6.07) is 11.0. The first-order valence-corrected chi connectivity index (χ1v) is 7.30. The highest BCUT2D eigenvalue weighted by Crippen LogP contribution is 2.14. The van der Waals surface area contributed by atoms with Gasteiger partial charge in [-0.3, -0.25) is 9.78 Å². The van der Waals surface area contributed by atoms with E-state index in [1.54, 1.807) is 29.3 Å². The second-order valence-corrected chi connectivity index (χ2v) is 5.22. The van der Waals surface area contributed by atoms with Crippen LogP contribution in [-0.4, -0.2) is 34.5 Å². The topological polar surface area (TPSA) is 62.7 Å². The van der Waals surface area contributed by atoms with Crippen molar-refractivity contribution < 1.29 is 14.5 Å². The molecular formula is C16H17BN2O3. The van der Waals surface area contributed by atoms with Crippen LogP contribution in [0.5, 0.6) is 0 Å². The van der Waals surface area contributed by atoms with Gasteiger partial charge in [0.1, 0.15) is 0 Å². The quantitative estimate of drug-likeness (QED) is 0.854. The van der Waals surface area contributed by atoms with Gasteiger partial charge in [0.25, 0.3) is 5.91 Å². The minimum Gasteiger partial charge on any atom is -0.423 e. The number of carbonyl (C=O) groups excluding carboxylic acids is 1. The molecule has 0 spiro atoms. The first kappa shape index (κ1) is 14.7. The summed E-state index contributed by atoms with van der Waals surface area (Å²) in [5, 5.41) is 9.64. The Hall–Kier alpha value is -2.18. The minimum atomic E-state index is -0.880. The Kier molecular flexibility index (Phi) is 4.22. The second kappa shape index (κ2) is 6.29. The van der Waals surface area contributed by atoms with Crippen molar-refractivity contribution in [2.24, 2.45) is 0 Å². The van der Waals surface area contributed by atoms with Gasteiger partial charge >= 0.3 is 7.12 Å². The molecule has 1 aliphatic heterocycles. The van der Waals surface area contributed by atoms with Crippen molar-refractivity contribution in [2.75, 3.05) is 6.54 Å². The summed E-state index contributed by atoms with van der Waals surface area (Å²) < 4.78 is 5.16. The maximum atomic E-state index is 12.7. The monoisotopic (exact) mass is 296 g/mol. The van der Waals surface area contributed by atoms with E-state index in [4.69, 9.17) is 4.65 Å². The number of nitrogens with zero attached hydrogens (tertiary/aromatic N) is 2. The molecule has 0 bridgehead atoms. The highest BCUT2D eigenvalue weighted by Gasteiger charge is 2.28. The average molecular weight is 296 g/mol. The molecule has 22 heavy (non-hydrogen) atoms. The van der Waals surface area contributed by atoms with E-state index in [0.717, 1.165) is 16.7 Å². The van der Waals surface area contributed by atoms with Crippen molar-refractivity contribution >= 4 is 18.5 Å². The van der Waals surface area contributed by atoms with Gasteiger partial charge in [-0.1, -0.05) is 12.1 Å². The average Bonchev–Trinajstić information content (AvgIpc) is 2.93. The molecule has 0 unspecified atom stereocenters. The molecule has 0 radical (unpaired) electrons. The van der Waals surface area contributed by atoms with Gasteiger partial charge in [-0.15, -0.1) is 0 Å². The number of benzene rings is 1. The van der Waals surface area contributed by atoms with E-state index < -0.39 is 7.12 Å². The molecule has 2 heterocycles. The van der Waals surface area contributed by atoms with Crippen LogP contribution in [0, 0.1) is 0 Å². The molecule has 0 fully saturated rings. The van der Waals surface area contributed by atoms with E-state index in [-0.39, 0.29) is 5.91 Å². The normalized spacial score (nSPS) is 13.1. The zero-order valence-electron chi connectivity index (χ0n) is 12.4. The summed E-state index contributed by atoms with van der Waals surface area (Å²) in [5.41, 5.74) is 3.07. The first-order chi connectivity index (χ1) is 10.7. The van der Waals surface area contributed by atoms with E-state index in [2.05, 4.69) is 4.98 Å². The molecule has 1 amide bonds. The number of amides is 1. The van der Waals surface area contributed by atoms with Crippen molar-refractivity contribution in [3.8, 4) is 0 Å². The van der Waals surface area contributed by atoms with Gasteiger partial charge < -0.3 is 14.6 Å². The molecule has 5 nitrogen and oxygen atoms in total. The summed E-state index contributed by atoms with van der Waals surface area (Å²) in [6.45, 7) is 3.36. The van der Waals surface area contributed by atoms with Gasteiger partial charge in [-0.05, 0) is 42.2 Å². The third kappa shape index (κ3) is 2.88. The van der Waals surface area contributed by atoms with Crippen LogP contribution in [0.15, 0.2) is 42.6 Å². The predicted molar refractivity (Wildman–Crippen MR) is 83.5 cm³/mol. The Morgan fingerprint density at radius 2 is 2.27 bits per heavy atom. The van der Waals surface area contributed by atoms with E-state index in [1.807, 2.05) is 25.1 Å². The molecule has 0 saturated heterocycles. The molecule has 2 aromatic rings. The molecule has 3 rings (SSSR count). The summed E-state index contributed by atoms with van der Waals surface area (Å²) in [6.07, 6.45) is 1.72. The smallest absolute Gasteiger partial charge is 0.423 e. The van der Waals surface area contributed by atoms with Crippen molar-refractivity contribution in [3.63, 3.8) is 0 Å². The van der Waals surface area contributed by atoms with Crippen molar-refractivity contribution in [2.45, 2.75) is 20.1 Å². The molecule has 112 valence electrons. The number of rotatable bonds is 4. The van der Waals surface area contributed by atoms with Crippen LogP contribution in [0.1, 0.15) is 28.5 Å². The van der Waals surface area contributed by atoms with Gasteiger partial charge in [0.2, 0.25) is 0 Å². The fourth-order valence-corrected chi connectivity index (χ4v) is 2.56. The lowest BCUT2D eigenvalue weighted by Gasteiger charge is -2.21. The summed E-state index contributed by atoms with van der Waals surface area (Å²) in [7, 11) is -0.880. The maximum Gasteiger partial charge on any atom is 0.491 e. The predicted octanol–water partition coefficient (Wildman–Crippen LogP) is 0.962. The molecule has 1 N–H and O–H groups in total. The SMILES string of the molecule is CCN(Cc1ccccn1)C(=O)c1ccc2c(c1)COB2O. The molecule has 1 aromatic heterocycles. The molecule has 0 aliphatic carbocycles. The molecule has 6 heteroatoms. The zero-order valence-corrected chi connectivity index (χ0v) is 12.4. The van der Waals surface area contributed by atoms with Gasteiger partial charge in [0, 0.05) is 18.3 Å². The fourth-order valence-electron chi connectivity index (χ4n) is 2.56. The number of carbonyl (C=O) groups is 1. The van der Waals surface area contributed by atoms with Crippen LogP contribution in [0.2, 0.25) is 0 Å². The summed E-state index contributed by atoms with van der Waals surface area (Å²) in [5.74, 6) is -0.0441. The van der Waals surface area contributed by atoms with E-state index in [0.29, 0.717) is 25.3 Å². The molecule has 1 aliphatic rings. The van der Waals surface area contributed by atoms with Crippen LogP contribution < -0.4 is 5.46 Å². The zero-order chi connectivity index (χ0) is 15.5. The van der Waals surface area contributed by atoms with E-state index >= 15 is 0 Å². The first-order valence-electron chi connectivity index (χ1n) is 7.30. The standard InChI is InChI=1S/C16H17BN2O3/c1-2-19(10-14-5-3-4-8-18-14)16(20)12-6-7-15-13(9-12)11-22-17(15)21/h3-9,21H,2,10-11H2,1H3. The van der Waals surface area contributed by atoms with Gasteiger partial charge in [0.15, 0.2) is 0 Å². The van der Waals surface area contributed by atoms with Crippen molar-refractivity contribution in [1.29, 1.82) is 0 Å². The third-order valence-corrected chi connectivity index (χ3v) is 3.80.